The molecule has 1 aromatic carbocycles. The molecule has 0 radical (unpaired) electrons. The number of nitrogens with one attached hydrogen (secondary N) is 1. The summed E-state index contributed by atoms with van der Waals surface area (Å²) in [6.45, 7) is 0. The first kappa shape index (κ1) is 26.8. The van der Waals surface area contributed by atoms with Gasteiger partial charge in [0, 0.05) is 48.3 Å². The standard InChI is InChI=1S/C20H21N7O7S3/c1-25-20(22-23-24-25)35-10-13-14(19(29)30)26-17(28)15(34-2)18(26)36-16(13)21-8-3-9-37(33)12-6-4-11(5-7-12)27(31)32/h3-8,15-16,18,21H,9-10H2,1-2H3,(H,29,30)/t15-,16?,18+,37?/m1/s1. The van der Waals surface area contributed by atoms with E-state index in [9.17, 15) is 29.0 Å². The normalized spacial score (nSPS) is 22.1. The van der Waals surface area contributed by atoms with Crippen LogP contribution in [0.2, 0.25) is 0 Å². The summed E-state index contributed by atoms with van der Waals surface area (Å²) in [6.07, 6.45) is 2.44. The van der Waals surface area contributed by atoms with Crippen molar-refractivity contribution < 1.29 is 28.6 Å². The number of tetrazole rings is 1. The Kier molecular flexibility index (Phi) is 8.25. The number of carboxylic acid groups (broad SMARTS) is 1. The Labute approximate surface area is 221 Å². The van der Waals surface area contributed by atoms with Gasteiger partial charge < -0.3 is 15.2 Å². The number of hydrogen-bond acceptors (Lipinski definition) is 12. The van der Waals surface area contributed by atoms with Crippen LogP contribution in [0, 0.1) is 10.1 Å². The smallest absolute Gasteiger partial charge is 0.352 e. The van der Waals surface area contributed by atoms with Crippen molar-refractivity contribution in [3.63, 3.8) is 0 Å². The van der Waals surface area contributed by atoms with E-state index in [1.165, 1.54) is 64.5 Å². The lowest BCUT2D eigenvalue weighted by atomic mass is 10.0. The molecule has 196 valence electrons. The molecule has 2 unspecified atom stereocenters. The molecule has 0 spiro atoms. The van der Waals surface area contributed by atoms with E-state index >= 15 is 0 Å². The quantitative estimate of drug-likeness (QED) is 0.168. The number of benzene rings is 1. The van der Waals surface area contributed by atoms with Crippen LogP contribution in [0.1, 0.15) is 0 Å². The van der Waals surface area contributed by atoms with Gasteiger partial charge in [0.15, 0.2) is 6.10 Å². The molecule has 1 saturated heterocycles. The highest BCUT2D eigenvalue weighted by Crippen LogP contribution is 2.45. The highest BCUT2D eigenvalue weighted by atomic mass is 32.2. The van der Waals surface area contributed by atoms with Crippen molar-refractivity contribution in [3.05, 3.63) is 57.9 Å². The van der Waals surface area contributed by atoms with Gasteiger partial charge in [0.2, 0.25) is 5.16 Å². The number of aryl methyl sites for hydroxylation is 1. The number of nitro benzene ring substituents is 1. The number of non-ortho nitro benzene ring substituents is 1. The zero-order valence-corrected chi connectivity index (χ0v) is 21.9. The van der Waals surface area contributed by atoms with Crippen molar-refractivity contribution in [3.8, 4) is 0 Å². The molecule has 14 nitrogen and oxygen atoms in total. The number of nitro groups is 1. The number of carbonyl (C=O) groups is 2. The average molecular weight is 568 g/mol. The number of β-lactam (4-membered cyclic amide) rings is 1. The minimum Gasteiger partial charge on any atom is -0.477 e. The summed E-state index contributed by atoms with van der Waals surface area (Å²) in [5.41, 5.74) is 0.240. The first-order chi connectivity index (χ1) is 17.7. The lowest BCUT2D eigenvalue weighted by Gasteiger charge is -2.50. The SMILES string of the molecule is CO[C@@H]1C(=O)N2C(C(=O)O)=C(CSc3nnnn3C)C(NC=CCS(=O)c3ccc([N+](=O)[O-])cc3)S[C@@H]12. The molecule has 2 N–H and O–H groups in total. The van der Waals surface area contributed by atoms with Crippen LogP contribution in [0.3, 0.4) is 0 Å². The van der Waals surface area contributed by atoms with Crippen molar-refractivity contribution in [2.24, 2.45) is 7.05 Å². The fourth-order valence-corrected chi connectivity index (χ4v) is 7.05. The van der Waals surface area contributed by atoms with Gasteiger partial charge in [0.25, 0.3) is 11.6 Å². The van der Waals surface area contributed by atoms with E-state index in [4.69, 9.17) is 4.74 Å². The number of ether oxygens (including phenoxy) is 1. The molecule has 0 bridgehead atoms. The summed E-state index contributed by atoms with van der Waals surface area (Å²) in [6, 6.07) is 5.47. The number of carbonyl (C=O) groups excluding carboxylic acids is 1. The van der Waals surface area contributed by atoms with Crippen molar-refractivity contribution in [2.45, 2.75) is 26.9 Å². The Morgan fingerprint density at radius 3 is 2.73 bits per heavy atom. The minimum absolute atomic E-state index is 0.0892. The molecule has 17 heteroatoms. The average Bonchev–Trinajstić information content (AvgIpc) is 3.29. The maximum atomic E-state index is 12.6. The molecule has 3 heterocycles. The number of carboxylic acids is 1. The van der Waals surface area contributed by atoms with Crippen LogP contribution >= 0.6 is 23.5 Å². The lowest BCUT2D eigenvalue weighted by molar-refractivity contribution is -0.384. The fraction of sp³-hybridized carbons (Fsp3) is 0.350. The number of aliphatic carboxylic acids is 1. The van der Waals surface area contributed by atoms with Crippen LogP contribution in [0.5, 0.6) is 0 Å². The first-order valence-electron chi connectivity index (χ1n) is 10.6. The van der Waals surface area contributed by atoms with Crippen LogP contribution in [0.4, 0.5) is 5.69 Å². The molecule has 2 aromatic rings. The largest absolute Gasteiger partial charge is 0.477 e. The van der Waals surface area contributed by atoms with E-state index in [1.54, 1.807) is 19.3 Å². The van der Waals surface area contributed by atoms with Gasteiger partial charge in [-0.3, -0.25) is 24.0 Å². The highest BCUT2D eigenvalue weighted by molar-refractivity contribution is 8.01. The molecular weight excluding hydrogens is 546 g/mol. The molecule has 37 heavy (non-hydrogen) atoms. The summed E-state index contributed by atoms with van der Waals surface area (Å²) in [5.74, 6) is -1.35. The molecule has 1 fully saturated rings. The van der Waals surface area contributed by atoms with Crippen molar-refractivity contribution in [2.75, 3.05) is 18.6 Å². The molecule has 0 saturated carbocycles. The Morgan fingerprint density at radius 2 is 2.14 bits per heavy atom. The van der Waals surface area contributed by atoms with E-state index in [1.807, 2.05) is 0 Å². The molecule has 4 rings (SSSR count). The van der Waals surface area contributed by atoms with Crippen LogP contribution in [0.25, 0.3) is 0 Å². The van der Waals surface area contributed by atoms with Crippen LogP contribution < -0.4 is 5.32 Å². The van der Waals surface area contributed by atoms with Crippen molar-refractivity contribution in [1.82, 2.24) is 30.4 Å². The van der Waals surface area contributed by atoms with Gasteiger partial charge in [-0.2, -0.15) is 0 Å². The van der Waals surface area contributed by atoms with Gasteiger partial charge in [-0.1, -0.05) is 17.8 Å². The summed E-state index contributed by atoms with van der Waals surface area (Å²) in [7, 11) is 1.62. The maximum absolute atomic E-state index is 12.6. The molecule has 2 aliphatic rings. The predicted molar refractivity (Wildman–Crippen MR) is 134 cm³/mol. The number of methoxy groups -OCH3 is 1. The Bertz CT molecular complexity index is 1300. The number of hydrogen-bond donors (Lipinski definition) is 2. The second kappa shape index (κ2) is 11.4. The zero-order chi connectivity index (χ0) is 26.7. The Balaban J connectivity index is 1.51. The Morgan fingerprint density at radius 1 is 1.41 bits per heavy atom. The number of rotatable bonds is 11. The monoisotopic (exact) mass is 567 g/mol. The molecule has 4 atom stereocenters. The van der Waals surface area contributed by atoms with E-state index in [-0.39, 0.29) is 22.9 Å². The summed E-state index contributed by atoms with van der Waals surface area (Å²) in [5, 5.41) is 34.6. The predicted octanol–water partition coefficient (Wildman–Crippen LogP) is 0.716. The number of nitrogens with zero attached hydrogens (tertiary/aromatic N) is 6. The molecule has 1 amide bonds. The number of thioether (sulfide) groups is 2. The molecular formula is C20H21N7O7S3. The van der Waals surface area contributed by atoms with Gasteiger partial charge in [-0.25, -0.2) is 9.48 Å². The maximum Gasteiger partial charge on any atom is 0.352 e. The van der Waals surface area contributed by atoms with Gasteiger partial charge in [-0.15, -0.1) is 16.9 Å². The van der Waals surface area contributed by atoms with Crippen LogP contribution in [-0.2, 0) is 32.2 Å². The van der Waals surface area contributed by atoms with Gasteiger partial charge in [0.05, 0.1) is 21.1 Å². The topological polar surface area (TPSA) is 183 Å². The van der Waals surface area contributed by atoms with E-state index < -0.39 is 44.5 Å². The third-order valence-corrected chi connectivity index (χ3v) is 9.23. The highest BCUT2D eigenvalue weighted by Gasteiger charge is 2.56. The molecule has 2 aliphatic heterocycles. The second-order valence-electron chi connectivity index (χ2n) is 7.66. The lowest BCUT2D eigenvalue weighted by Crippen LogP contribution is -2.67. The van der Waals surface area contributed by atoms with Crippen LogP contribution in [0.15, 0.2) is 57.9 Å². The minimum atomic E-state index is -1.44. The van der Waals surface area contributed by atoms with Gasteiger partial charge >= 0.3 is 5.97 Å². The van der Waals surface area contributed by atoms with Gasteiger partial charge in [-0.05, 0) is 28.8 Å². The van der Waals surface area contributed by atoms with Crippen molar-refractivity contribution in [1.29, 1.82) is 0 Å². The van der Waals surface area contributed by atoms with Crippen LogP contribution in [-0.4, -0.2) is 86.7 Å². The molecule has 0 aliphatic carbocycles. The third-order valence-electron chi connectivity index (χ3n) is 5.45. The zero-order valence-electron chi connectivity index (χ0n) is 19.4. The number of aromatic nitrogens is 4. The van der Waals surface area contributed by atoms with Crippen molar-refractivity contribution >= 4 is 51.9 Å². The summed E-state index contributed by atoms with van der Waals surface area (Å²) < 4.78 is 19.3. The van der Waals surface area contributed by atoms with E-state index in [2.05, 4.69) is 20.8 Å². The fourth-order valence-electron chi connectivity index (χ4n) is 3.64. The summed E-state index contributed by atoms with van der Waals surface area (Å²) in [4.78, 5) is 36.7. The molecule has 1 aromatic heterocycles. The van der Waals surface area contributed by atoms with Gasteiger partial charge in [0.1, 0.15) is 11.1 Å². The first-order valence-corrected chi connectivity index (χ1v) is 13.8. The second-order valence-corrected chi connectivity index (χ2v) is 11.3. The van der Waals surface area contributed by atoms with E-state index in [0.29, 0.717) is 15.6 Å². The number of fused-ring (bicyclic) bond motifs is 1. The Hall–Kier alpha value is -3.28. The van der Waals surface area contributed by atoms with E-state index in [0.717, 1.165) is 0 Å². The summed E-state index contributed by atoms with van der Waals surface area (Å²) >= 11 is 2.56. The third kappa shape index (κ3) is 5.53. The number of amides is 1.